The first-order chi connectivity index (χ1) is 8.95. The summed E-state index contributed by atoms with van der Waals surface area (Å²) in [6, 6.07) is 3.35. The highest BCUT2D eigenvalue weighted by Crippen LogP contribution is 2.36. The quantitative estimate of drug-likeness (QED) is 0.762. The SMILES string of the molecule is Cc1cc2c(c(NC(=O)NC(C)C)c1)OCC(=O)N2. The maximum Gasteiger partial charge on any atom is 0.319 e. The van der Waals surface area contributed by atoms with Crippen LogP contribution in [0.25, 0.3) is 0 Å². The lowest BCUT2D eigenvalue weighted by Crippen LogP contribution is -2.34. The van der Waals surface area contributed by atoms with Gasteiger partial charge in [0.15, 0.2) is 12.4 Å². The zero-order valence-electron chi connectivity index (χ0n) is 11.2. The molecule has 1 aliphatic heterocycles. The van der Waals surface area contributed by atoms with E-state index in [1.807, 2.05) is 20.8 Å². The van der Waals surface area contributed by atoms with E-state index in [1.165, 1.54) is 0 Å². The van der Waals surface area contributed by atoms with Crippen molar-refractivity contribution in [2.24, 2.45) is 0 Å². The first-order valence-electron chi connectivity index (χ1n) is 6.10. The van der Waals surface area contributed by atoms with Crippen molar-refractivity contribution < 1.29 is 14.3 Å². The molecule has 0 atom stereocenters. The van der Waals surface area contributed by atoms with E-state index in [9.17, 15) is 9.59 Å². The van der Waals surface area contributed by atoms with Gasteiger partial charge in [-0.3, -0.25) is 4.79 Å². The average molecular weight is 263 g/mol. The molecule has 0 fully saturated rings. The zero-order valence-corrected chi connectivity index (χ0v) is 11.2. The first-order valence-corrected chi connectivity index (χ1v) is 6.10. The molecule has 0 aromatic heterocycles. The third kappa shape index (κ3) is 3.15. The van der Waals surface area contributed by atoms with Crippen molar-refractivity contribution in [3.8, 4) is 5.75 Å². The summed E-state index contributed by atoms with van der Waals surface area (Å²) in [5.74, 6) is 0.291. The first kappa shape index (κ1) is 13.2. The third-order valence-corrected chi connectivity index (χ3v) is 2.52. The smallest absolute Gasteiger partial charge is 0.319 e. The Kier molecular flexibility index (Phi) is 3.59. The molecular formula is C13H17N3O3. The number of hydrogen-bond acceptors (Lipinski definition) is 3. The second-order valence-corrected chi connectivity index (χ2v) is 4.78. The number of carbonyl (C=O) groups excluding carboxylic acids is 2. The molecule has 1 aliphatic rings. The van der Waals surface area contributed by atoms with Gasteiger partial charge in [0.1, 0.15) is 0 Å². The third-order valence-electron chi connectivity index (χ3n) is 2.52. The van der Waals surface area contributed by atoms with Gasteiger partial charge in [-0.05, 0) is 38.5 Å². The van der Waals surface area contributed by atoms with E-state index in [4.69, 9.17) is 4.74 Å². The number of anilines is 2. The molecule has 6 heteroatoms. The minimum atomic E-state index is -0.302. The number of aryl methyl sites for hydroxylation is 1. The topological polar surface area (TPSA) is 79.5 Å². The number of carbonyl (C=O) groups is 2. The van der Waals surface area contributed by atoms with Crippen molar-refractivity contribution in [2.75, 3.05) is 17.2 Å². The number of rotatable bonds is 2. The fourth-order valence-electron chi connectivity index (χ4n) is 1.86. The molecule has 0 aliphatic carbocycles. The minimum Gasteiger partial charge on any atom is -0.479 e. The number of amides is 3. The van der Waals surface area contributed by atoms with E-state index in [1.54, 1.807) is 12.1 Å². The van der Waals surface area contributed by atoms with Gasteiger partial charge < -0.3 is 20.7 Å². The van der Waals surface area contributed by atoms with Gasteiger partial charge in [0.25, 0.3) is 5.91 Å². The Morgan fingerprint density at radius 3 is 2.84 bits per heavy atom. The molecule has 0 unspecified atom stereocenters. The monoisotopic (exact) mass is 263 g/mol. The van der Waals surface area contributed by atoms with Gasteiger partial charge in [-0.15, -0.1) is 0 Å². The number of fused-ring (bicyclic) bond motifs is 1. The summed E-state index contributed by atoms with van der Waals surface area (Å²) in [6.45, 7) is 5.59. The second-order valence-electron chi connectivity index (χ2n) is 4.78. The number of urea groups is 1. The van der Waals surface area contributed by atoms with Gasteiger partial charge in [0, 0.05) is 6.04 Å². The summed E-state index contributed by atoms with van der Waals surface area (Å²) in [6.07, 6.45) is 0. The standard InChI is InChI=1S/C13H17N3O3/c1-7(2)14-13(18)16-10-5-8(3)4-9-12(10)19-6-11(17)15-9/h4-5,7H,6H2,1-3H3,(H,15,17)(H2,14,16,18). The van der Waals surface area contributed by atoms with Gasteiger partial charge in [0.2, 0.25) is 0 Å². The van der Waals surface area contributed by atoms with Gasteiger partial charge in [-0.25, -0.2) is 4.79 Å². The number of hydrogen-bond donors (Lipinski definition) is 3. The van der Waals surface area contributed by atoms with Crippen LogP contribution in [0, 0.1) is 6.92 Å². The van der Waals surface area contributed by atoms with E-state index in [0.29, 0.717) is 17.1 Å². The molecule has 1 aromatic rings. The van der Waals surface area contributed by atoms with Crippen molar-refractivity contribution in [3.63, 3.8) is 0 Å². The average Bonchev–Trinajstić information content (AvgIpc) is 2.26. The predicted octanol–water partition coefficient (Wildman–Crippen LogP) is 1.86. The van der Waals surface area contributed by atoms with Crippen LogP contribution in [-0.4, -0.2) is 24.6 Å². The van der Waals surface area contributed by atoms with Crippen LogP contribution < -0.4 is 20.7 Å². The van der Waals surface area contributed by atoms with E-state index in [2.05, 4.69) is 16.0 Å². The zero-order chi connectivity index (χ0) is 14.0. The van der Waals surface area contributed by atoms with Crippen LogP contribution in [0.15, 0.2) is 12.1 Å². The van der Waals surface area contributed by atoms with Crippen molar-refractivity contribution in [1.82, 2.24) is 5.32 Å². The molecule has 0 spiro atoms. The van der Waals surface area contributed by atoms with Gasteiger partial charge in [-0.1, -0.05) is 0 Å². The van der Waals surface area contributed by atoms with Crippen molar-refractivity contribution in [3.05, 3.63) is 17.7 Å². The highest BCUT2D eigenvalue weighted by atomic mass is 16.5. The Hall–Kier alpha value is -2.24. The lowest BCUT2D eigenvalue weighted by atomic mass is 10.1. The second kappa shape index (κ2) is 5.17. The van der Waals surface area contributed by atoms with E-state index in [0.717, 1.165) is 5.56 Å². The van der Waals surface area contributed by atoms with Gasteiger partial charge in [-0.2, -0.15) is 0 Å². The molecule has 1 aromatic carbocycles. The summed E-state index contributed by atoms with van der Waals surface area (Å²) < 4.78 is 5.37. The van der Waals surface area contributed by atoms with Crippen LogP contribution in [0.2, 0.25) is 0 Å². The maximum atomic E-state index is 11.7. The Bertz CT molecular complexity index is 526. The summed E-state index contributed by atoms with van der Waals surface area (Å²) in [4.78, 5) is 23.0. The van der Waals surface area contributed by atoms with Crippen LogP contribution in [0.1, 0.15) is 19.4 Å². The molecule has 0 bridgehead atoms. The Morgan fingerprint density at radius 2 is 2.16 bits per heavy atom. The van der Waals surface area contributed by atoms with Crippen LogP contribution in [0.3, 0.4) is 0 Å². The molecule has 2 rings (SSSR count). The largest absolute Gasteiger partial charge is 0.479 e. The maximum absolute atomic E-state index is 11.7. The normalized spacial score (nSPS) is 13.4. The van der Waals surface area contributed by atoms with Gasteiger partial charge in [0.05, 0.1) is 11.4 Å². The number of benzene rings is 1. The van der Waals surface area contributed by atoms with Crippen molar-refractivity contribution in [1.29, 1.82) is 0 Å². The Balaban J connectivity index is 2.25. The molecule has 0 saturated heterocycles. The summed E-state index contributed by atoms with van der Waals surface area (Å²) in [7, 11) is 0. The highest BCUT2D eigenvalue weighted by Gasteiger charge is 2.20. The Morgan fingerprint density at radius 1 is 1.42 bits per heavy atom. The molecule has 3 N–H and O–H groups in total. The molecule has 19 heavy (non-hydrogen) atoms. The van der Waals surface area contributed by atoms with Gasteiger partial charge >= 0.3 is 6.03 Å². The Labute approximate surface area is 111 Å². The van der Waals surface area contributed by atoms with Crippen LogP contribution >= 0.6 is 0 Å². The summed E-state index contributed by atoms with van der Waals surface area (Å²) >= 11 is 0. The van der Waals surface area contributed by atoms with Crippen molar-refractivity contribution in [2.45, 2.75) is 26.8 Å². The molecular weight excluding hydrogens is 246 g/mol. The molecule has 0 radical (unpaired) electrons. The highest BCUT2D eigenvalue weighted by molar-refractivity contribution is 5.99. The van der Waals surface area contributed by atoms with E-state index < -0.39 is 0 Å². The molecule has 102 valence electrons. The summed E-state index contributed by atoms with van der Waals surface area (Å²) in [5, 5.41) is 8.18. The lowest BCUT2D eigenvalue weighted by Gasteiger charge is -2.22. The van der Waals surface area contributed by atoms with Crippen LogP contribution in [-0.2, 0) is 4.79 Å². The lowest BCUT2D eigenvalue weighted by molar-refractivity contribution is -0.118. The van der Waals surface area contributed by atoms with Crippen LogP contribution in [0.5, 0.6) is 5.75 Å². The van der Waals surface area contributed by atoms with Crippen molar-refractivity contribution >= 4 is 23.3 Å². The molecule has 3 amide bonds. The van der Waals surface area contributed by atoms with E-state index >= 15 is 0 Å². The predicted molar refractivity (Wildman–Crippen MR) is 72.6 cm³/mol. The number of nitrogens with one attached hydrogen (secondary N) is 3. The molecule has 0 saturated carbocycles. The summed E-state index contributed by atoms with van der Waals surface area (Å²) in [5.41, 5.74) is 2.05. The minimum absolute atomic E-state index is 0.0428. The van der Waals surface area contributed by atoms with Crippen LogP contribution in [0.4, 0.5) is 16.2 Å². The fourth-order valence-corrected chi connectivity index (χ4v) is 1.86. The molecule has 6 nitrogen and oxygen atoms in total. The fraction of sp³-hybridized carbons (Fsp3) is 0.385. The van der Waals surface area contributed by atoms with E-state index in [-0.39, 0.29) is 24.6 Å². The molecule has 1 heterocycles. The number of ether oxygens (including phenoxy) is 1.